The highest BCUT2D eigenvalue weighted by atomic mass is 16.5. The number of benzene rings is 1. The minimum atomic E-state index is 0.177. The fraction of sp³-hybridized carbons (Fsp3) is 0.500. The molecular weight excluding hydrogens is 192 g/mol. The van der Waals surface area contributed by atoms with Gasteiger partial charge in [0.2, 0.25) is 0 Å². The summed E-state index contributed by atoms with van der Waals surface area (Å²) >= 11 is 0. The summed E-state index contributed by atoms with van der Waals surface area (Å²) in [5.74, 6) is 0.700. The van der Waals surface area contributed by atoms with Crippen LogP contribution in [0.4, 0.5) is 0 Å². The van der Waals surface area contributed by atoms with E-state index in [2.05, 4.69) is 0 Å². The largest absolute Gasteiger partial charge is 0.504 e. The minimum Gasteiger partial charge on any atom is -0.504 e. The summed E-state index contributed by atoms with van der Waals surface area (Å²) in [5, 5.41) is 18.0. The van der Waals surface area contributed by atoms with Crippen molar-refractivity contribution < 1.29 is 14.9 Å². The van der Waals surface area contributed by atoms with E-state index in [-0.39, 0.29) is 12.4 Å². The molecule has 0 aromatic heterocycles. The van der Waals surface area contributed by atoms with Crippen LogP contribution in [0.15, 0.2) is 18.2 Å². The van der Waals surface area contributed by atoms with Crippen molar-refractivity contribution in [2.75, 3.05) is 13.7 Å². The van der Waals surface area contributed by atoms with Gasteiger partial charge in [0.15, 0.2) is 11.5 Å². The Kier molecular flexibility index (Phi) is 4.98. The van der Waals surface area contributed by atoms with Gasteiger partial charge in [0.25, 0.3) is 0 Å². The van der Waals surface area contributed by atoms with Gasteiger partial charge in [-0.15, -0.1) is 0 Å². The topological polar surface area (TPSA) is 49.7 Å². The van der Waals surface area contributed by atoms with Gasteiger partial charge in [-0.3, -0.25) is 0 Å². The zero-order valence-electron chi connectivity index (χ0n) is 9.07. The Morgan fingerprint density at radius 1 is 1.20 bits per heavy atom. The molecule has 0 bridgehead atoms. The van der Waals surface area contributed by atoms with Crippen LogP contribution in [0.3, 0.4) is 0 Å². The highest BCUT2D eigenvalue weighted by Crippen LogP contribution is 2.26. The summed E-state index contributed by atoms with van der Waals surface area (Å²) in [6.45, 7) is 0.263. The first-order chi connectivity index (χ1) is 7.27. The van der Waals surface area contributed by atoms with Crippen molar-refractivity contribution >= 4 is 0 Å². The van der Waals surface area contributed by atoms with Crippen LogP contribution >= 0.6 is 0 Å². The van der Waals surface area contributed by atoms with Crippen LogP contribution in [-0.4, -0.2) is 23.9 Å². The molecule has 1 rings (SSSR count). The predicted octanol–water partition coefficient (Wildman–Crippen LogP) is 2.11. The standard InChI is InChI=1S/C12H18O3/c1-15-12-9-10(6-7-11(12)14)5-3-2-4-8-13/h6-7,9,13-14H,2-5,8H2,1H3. The van der Waals surface area contributed by atoms with E-state index in [9.17, 15) is 5.11 Å². The number of hydrogen-bond acceptors (Lipinski definition) is 3. The molecular formula is C12H18O3. The number of methoxy groups -OCH3 is 1. The molecule has 1 aromatic carbocycles. The van der Waals surface area contributed by atoms with Crippen LogP contribution in [0.2, 0.25) is 0 Å². The fourth-order valence-corrected chi connectivity index (χ4v) is 1.50. The summed E-state index contributed by atoms with van der Waals surface area (Å²) < 4.78 is 5.02. The fourth-order valence-electron chi connectivity index (χ4n) is 1.50. The van der Waals surface area contributed by atoms with Crippen LogP contribution in [0.25, 0.3) is 0 Å². The molecule has 0 fully saturated rings. The van der Waals surface area contributed by atoms with Gasteiger partial charge in [-0.25, -0.2) is 0 Å². The molecule has 2 N–H and O–H groups in total. The molecule has 0 saturated heterocycles. The van der Waals surface area contributed by atoms with Gasteiger partial charge in [0.05, 0.1) is 7.11 Å². The minimum absolute atomic E-state index is 0.177. The maximum atomic E-state index is 9.39. The first-order valence-electron chi connectivity index (χ1n) is 5.24. The van der Waals surface area contributed by atoms with Gasteiger partial charge in [0.1, 0.15) is 0 Å². The number of unbranched alkanes of at least 4 members (excludes halogenated alkanes) is 2. The number of ether oxygens (including phenoxy) is 1. The zero-order valence-corrected chi connectivity index (χ0v) is 9.07. The highest BCUT2D eigenvalue weighted by Gasteiger charge is 2.02. The smallest absolute Gasteiger partial charge is 0.160 e. The lowest BCUT2D eigenvalue weighted by Crippen LogP contribution is -1.90. The Hall–Kier alpha value is -1.22. The van der Waals surface area contributed by atoms with E-state index in [0.29, 0.717) is 5.75 Å². The third kappa shape index (κ3) is 3.80. The molecule has 3 nitrogen and oxygen atoms in total. The number of aromatic hydroxyl groups is 1. The van der Waals surface area contributed by atoms with Crippen molar-refractivity contribution in [3.8, 4) is 11.5 Å². The summed E-state index contributed by atoms with van der Waals surface area (Å²) in [6, 6.07) is 5.41. The maximum absolute atomic E-state index is 9.39. The Bertz CT molecular complexity index is 297. The van der Waals surface area contributed by atoms with Crippen LogP contribution in [0.1, 0.15) is 24.8 Å². The Morgan fingerprint density at radius 2 is 2.00 bits per heavy atom. The average Bonchev–Trinajstić information content (AvgIpc) is 2.26. The molecule has 0 saturated carbocycles. The lowest BCUT2D eigenvalue weighted by Gasteiger charge is -2.06. The zero-order chi connectivity index (χ0) is 11.1. The Labute approximate surface area is 90.3 Å². The van der Waals surface area contributed by atoms with Crippen molar-refractivity contribution in [2.45, 2.75) is 25.7 Å². The molecule has 0 atom stereocenters. The number of aliphatic hydroxyl groups excluding tert-OH is 1. The predicted molar refractivity (Wildman–Crippen MR) is 59.3 cm³/mol. The maximum Gasteiger partial charge on any atom is 0.160 e. The van der Waals surface area contributed by atoms with Gasteiger partial charge < -0.3 is 14.9 Å². The second-order valence-electron chi connectivity index (χ2n) is 3.54. The van der Waals surface area contributed by atoms with E-state index in [1.807, 2.05) is 12.1 Å². The van der Waals surface area contributed by atoms with E-state index in [1.54, 1.807) is 13.2 Å². The molecule has 0 aliphatic rings. The summed E-state index contributed by atoms with van der Waals surface area (Å²) in [5.41, 5.74) is 1.16. The Balaban J connectivity index is 2.47. The quantitative estimate of drug-likeness (QED) is 0.707. The summed E-state index contributed by atoms with van der Waals surface area (Å²) in [7, 11) is 1.55. The normalized spacial score (nSPS) is 10.3. The van der Waals surface area contributed by atoms with Gasteiger partial charge in [-0.1, -0.05) is 12.5 Å². The lowest BCUT2D eigenvalue weighted by molar-refractivity contribution is 0.283. The molecule has 0 spiro atoms. The summed E-state index contributed by atoms with van der Waals surface area (Å²) in [6.07, 6.45) is 3.89. The molecule has 3 heteroatoms. The molecule has 0 aliphatic heterocycles. The molecule has 84 valence electrons. The molecule has 0 radical (unpaired) electrons. The molecule has 1 aromatic rings. The van der Waals surface area contributed by atoms with Crippen molar-refractivity contribution in [1.29, 1.82) is 0 Å². The van der Waals surface area contributed by atoms with Crippen LogP contribution in [0, 0.1) is 0 Å². The number of phenolic OH excluding ortho intramolecular Hbond substituents is 1. The third-order valence-corrected chi connectivity index (χ3v) is 2.37. The van der Waals surface area contributed by atoms with E-state index < -0.39 is 0 Å². The van der Waals surface area contributed by atoms with Crippen LogP contribution in [0.5, 0.6) is 11.5 Å². The van der Waals surface area contributed by atoms with Crippen LogP contribution in [-0.2, 0) is 6.42 Å². The first-order valence-corrected chi connectivity index (χ1v) is 5.24. The summed E-state index contributed by atoms with van der Waals surface area (Å²) in [4.78, 5) is 0. The molecule has 0 heterocycles. The highest BCUT2D eigenvalue weighted by molar-refractivity contribution is 5.41. The number of phenols is 1. The van der Waals surface area contributed by atoms with Gasteiger partial charge in [-0.05, 0) is 37.0 Å². The van der Waals surface area contributed by atoms with E-state index >= 15 is 0 Å². The number of aliphatic hydroxyl groups is 1. The van der Waals surface area contributed by atoms with E-state index in [1.165, 1.54) is 0 Å². The first kappa shape index (κ1) is 11.9. The monoisotopic (exact) mass is 210 g/mol. The van der Waals surface area contributed by atoms with Crippen LogP contribution < -0.4 is 4.74 Å². The Morgan fingerprint density at radius 3 is 2.67 bits per heavy atom. The van der Waals surface area contributed by atoms with Crippen molar-refractivity contribution in [1.82, 2.24) is 0 Å². The number of rotatable bonds is 6. The molecule has 0 amide bonds. The van der Waals surface area contributed by atoms with Gasteiger partial charge in [-0.2, -0.15) is 0 Å². The lowest BCUT2D eigenvalue weighted by atomic mass is 10.1. The van der Waals surface area contributed by atoms with Crippen molar-refractivity contribution in [3.63, 3.8) is 0 Å². The average molecular weight is 210 g/mol. The van der Waals surface area contributed by atoms with E-state index in [0.717, 1.165) is 31.2 Å². The SMILES string of the molecule is COc1cc(CCCCCO)ccc1O. The molecule has 15 heavy (non-hydrogen) atoms. The molecule has 0 unspecified atom stereocenters. The number of hydrogen-bond donors (Lipinski definition) is 2. The third-order valence-electron chi connectivity index (χ3n) is 2.37. The van der Waals surface area contributed by atoms with Gasteiger partial charge in [0, 0.05) is 6.61 Å². The molecule has 0 aliphatic carbocycles. The van der Waals surface area contributed by atoms with Crippen molar-refractivity contribution in [2.24, 2.45) is 0 Å². The van der Waals surface area contributed by atoms with Gasteiger partial charge >= 0.3 is 0 Å². The van der Waals surface area contributed by atoms with E-state index in [4.69, 9.17) is 9.84 Å². The number of aryl methyl sites for hydroxylation is 1. The second-order valence-corrected chi connectivity index (χ2v) is 3.54. The van der Waals surface area contributed by atoms with Crippen molar-refractivity contribution in [3.05, 3.63) is 23.8 Å². The second kappa shape index (κ2) is 6.30.